The normalized spacial score (nSPS) is 9.90. The molecule has 2 rings (SSSR count). The van der Waals surface area contributed by atoms with Crippen molar-refractivity contribution in [1.29, 1.82) is 0 Å². The maximum absolute atomic E-state index is 12.0. The van der Waals surface area contributed by atoms with Gasteiger partial charge in [0.2, 0.25) is 0 Å². The number of nitrogens with one attached hydrogen (secondary N) is 1. The molecule has 0 fully saturated rings. The molecule has 0 aliphatic carbocycles. The number of hydrogen-bond donors (Lipinski definition) is 1. The lowest BCUT2D eigenvalue weighted by molar-refractivity contribution is 0.101. The van der Waals surface area contributed by atoms with E-state index in [1.807, 2.05) is 24.3 Å². The van der Waals surface area contributed by atoms with Gasteiger partial charge >= 0.3 is 0 Å². The van der Waals surface area contributed by atoms with Gasteiger partial charge in [-0.05, 0) is 12.1 Å². The number of rotatable bonds is 6. The SMILES string of the molecule is COc1ccc(OC)c(NCC(=O)c2ccccc2)c1. The van der Waals surface area contributed by atoms with E-state index in [0.717, 1.165) is 5.69 Å². The van der Waals surface area contributed by atoms with Crippen LogP contribution in [-0.4, -0.2) is 26.5 Å². The minimum absolute atomic E-state index is 0.0236. The van der Waals surface area contributed by atoms with Gasteiger partial charge in [-0.2, -0.15) is 0 Å². The lowest BCUT2D eigenvalue weighted by atomic mass is 10.1. The molecule has 0 spiro atoms. The van der Waals surface area contributed by atoms with Crippen molar-refractivity contribution >= 4 is 11.5 Å². The second-order valence-electron chi connectivity index (χ2n) is 4.21. The molecule has 104 valence electrons. The highest BCUT2D eigenvalue weighted by atomic mass is 16.5. The Morgan fingerprint density at radius 2 is 1.80 bits per heavy atom. The van der Waals surface area contributed by atoms with Crippen molar-refractivity contribution in [3.05, 3.63) is 54.1 Å². The number of Topliss-reactive ketones (excluding diaryl/α,β-unsaturated/α-hetero) is 1. The van der Waals surface area contributed by atoms with Crippen LogP contribution in [0, 0.1) is 0 Å². The third-order valence-corrected chi connectivity index (χ3v) is 2.94. The van der Waals surface area contributed by atoms with Gasteiger partial charge in [-0.15, -0.1) is 0 Å². The maximum atomic E-state index is 12.0. The zero-order valence-electron chi connectivity index (χ0n) is 11.6. The molecular formula is C16H17NO3. The van der Waals surface area contributed by atoms with Crippen LogP contribution in [0.4, 0.5) is 5.69 Å². The van der Waals surface area contributed by atoms with E-state index in [1.165, 1.54) is 0 Å². The van der Waals surface area contributed by atoms with Crippen LogP contribution in [0.1, 0.15) is 10.4 Å². The van der Waals surface area contributed by atoms with Gasteiger partial charge in [0.25, 0.3) is 0 Å². The van der Waals surface area contributed by atoms with Crippen LogP contribution in [0.3, 0.4) is 0 Å². The third-order valence-electron chi connectivity index (χ3n) is 2.94. The summed E-state index contributed by atoms with van der Waals surface area (Å²) in [4.78, 5) is 12.0. The van der Waals surface area contributed by atoms with Crippen LogP contribution in [-0.2, 0) is 0 Å². The van der Waals surface area contributed by atoms with Crippen molar-refractivity contribution in [3.8, 4) is 11.5 Å². The summed E-state index contributed by atoms with van der Waals surface area (Å²) in [6.45, 7) is 0.202. The predicted octanol–water partition coefficient (Wildman–Crippen LogP) is 3.00. The van der Waals surface area contributed by atoms with Gasteiger partial charge < -0.3 is 14.8 Å². The summed E-state index contributed by atoms with van der Waals surface area (Å²) in [6, 6.07) is 14.6. The van der Waals surface area contributed by atoms with Crippen LogP contribution in [0.15, 0.2) is 48.5 Å². The predicted molar refractivity (Wildman–Crippen MR) is 78.8 cm³/mol. The first kappa shape index (κ1) is 13.9. The van der Waals surface area contributed by atoms with Crippen molar-refractivity contribution in [1.82, 2.24) is 0 Å². The summed E-state index contributed by atoms with van der Waals surface area (Å²) in [5.41, 5.74) is 1.41. The van der Waals surface area contributed by atoms with E-state index in [0.29, 0.717) is 17.1 Å². The average molecular weight is 271 g/mol. The maximum Gasteiger partial charge on any atom is 0.181 e. The minimum Gasteiger partial charge on any atom is -0.497 e. The molecule has 1 N–H and O–H groups in total. The molecule has 4 heteroatoms. The molecule has 0 radical (unpaired) electrons. The van der Waals surface area contributed by atoms with Gasteiger partial charge in [-0.1, -0.05) is 30.3 Å². The van der Waals surface area contributed by atoms with E-state index < -0.39 is 0 Å². The molecule has 0 saturated carbocycles. The quantitative estimate of drug-likeness (QED) is 0.820. The first-order valence-corrected chi connectivity index (χ1v) is 6.28. The first-order valence-electron chi connectivity index (χ1n) is 6.28. The lowest BCUT2D eigenvalue weighted by Gasteiger charge is -2.12. The highest BCUT2D eigenvalue weighted by Crippen LogP contribution is 2.28. The fourth-order valence-electron chi connectivity index (χ4n) is 1.85. The Morgan fingerprint density at radius 1 is 1.05 bits per heavy atom. The molecule has 2 aromatic rings. The summed E-state index contributed by atoms with van der Waals surface area (Å²) < 4.78 is 10.4. The summed E-state index contributed by atoms with van der Waals surface area (Å²) in [5.74, 6) is 1.41. The van der Waals surface area contributed by atoms with Gasteiger partial charge in [-0.25, -0.2) is 0 Å². The minimum atomic E-state index is 0.0236. The highest BCUT2D eigenvalue weighted by molar-refractivity contribution is 5.99. The molecule has 0 atom stereocenters. The number of methoxy groups -OCH3 is 2. The molecule has 0 aromatic heterocycles. The lowest BCUT2D eigenvalue weighted by Crippen LogP contribution is -2.14. The average Bonchev–Trinajstić information content (AvgIpc) is 2.53. The topological polar surface area (TPSA) is 47.6 Å². The summed E-state index contributed by atoms with van der Waals surface area (Å²) in [5, 5.41) is 3.08. The van der Waals surface area contributed by atoms with Crippen molar-refractivity contribution < 1.29 is 14.3 Å². The van der Waals surface area contributed by atoms with E-state index >= 15 is 0 Å². The van der Waals surface area contributed by atoms with Crippen LogP contribution in [0.2, 0.25) is 0 Å². The zero-order valence-corrected chi connectivity index (χ0v) is 11.6. The summed E-state index contributed by atoms with van der Waals surface area (Å²) >= 11 is 0. The molecule has 0 heterocycles. The molecule has 4 nitrogen and oxygen atoms in total. The number of hydrogen-bond acceptors (Lipinski definition) is 4. The van der Waals surface area contributed by atoms with E-state index in [9.17, 15) is 4.79 Å². The Morgan fingerprint density at radius 3 is 2.45 bits per heavy atom. The van der Waals surface area contributed by atoms with Gasteiger partial charge in [0.1, 0.15) is 11.5 Å². The van der Waals surface area contributed by atoms with Crippen molar-refractivity contribution in [2.45, 2.75) is 0 Å². The Labute approximate surface area is 118 Å². The number of anilines is 1. The molecule has 0 amide bonds. The fourth-order valence-corrected chi connectivity index (χ4v) is 1.85. The number of benzene rings is 2. The number of ether oxygens (including phenoxy) is 2. The molecule has 2 aromatic carbocycles. The molecule has 0 unspecified atom stereocenters. The highest BCUT2D eigenvalue weighted by Gasteiger charge is 2.08. The smallest absolute Gasteiger partial charge is 0.181 e. The van der Waals surface area contributed by atoms with E-state index in [1.54, 1.807) is 38.5 Å². The Kier molecular flexibility index (Phi) is 4.60. The Bertz CT molecular complexity index is 582. The van der Waals surface area contributed by atoms with Crippen molar-refractivity contribution in [3.63, 3.8) is 0 Å². The van der Waals surface area contributed by atoms with Crippen molar-refractivity contribution in [2.24, 2.45) is 0 Å². The Balaban J connectivity index is 2.08. The largest absolute Gasteiger partial charge is 0.497 e. The van der Waals surface area contributed by atoms with Crippen molar-refractivity contribution in [2.75, 3.05) is 26.1 Å². The standard InChI is InChI=1S/C16H17NO3/c1-19-13-8-9-16(20-2)14(10-13)17-11-15(18)12-6-4-3-5-7-12/h3-10,17H,11H2,1-2H3. The summed E-state index contributed by atoms with van der Waals surface area (Å²) in [6.07, 6.45) is 0. The van der Waals surface area contributed by atoms with Crippen LogP contribution < -0.4 is 14.8 Å². The monoisotopic (exact) mass is 271 g/mol. The van der Waals surface area contributed by atoms with Crippen LogP contribution in [0.5, 0.6) is 11.5 Å². The van der Waals surface area contributed by atoms with Gasteiger partial charge in [-0.3, -0.25) is 4.79 Å². The van der Waals surface area contributed by atoms with Gasteiger partial charge in [0, 0.05) is 11.6 Å². The molecule has 0 bridgehead atoms. The molecule has 0 aliphatic rings. The van der Waals surface area contributed by atoms with Gasteiger partial charge in [0.05, 0.1) is 26.5 Å². The second kappa shape index (κ2) is 6.61. The fraction of sp³-hybridized carbons (Fsp3) is 0.188. The Hall–Kier alpha value is -2.49. The zero-order chi connectivity index (χ0) is 14.4. The molecule has 0 saturated heterocycles. The van der Waals surface area contributed by atoms with Crippen LogP contribution in [0.25, 0.3) is 0 Å². The third kappa shape index (κ3) is 3.29. The van der Waals surface area contributed by atoms with Gasteiger partial charge in [0.15, 0.2) is 5.78 Å². The molecular weight excluding hydrogens is 254 g/mol. The number of carbonyl (C=O) groups is 1. The van der Waals surface area contributed by atoms with E-state index in [-0.39, 0.29) is 12.3 Å². The number of ketones is 1. The summed E-state index contributed by atoms with van der Waals surface area (Å²) in [7, 11) is 3.19. The molecule has 20 heavy (non-hydrogen) atoms. The molecule has 0 aliphatic heterocycles. The first-order chi connectivity index (χ1) is 9.74. The van der Waals surface area contributed by atoms with E-state index in [2.05, 4.69) is 5.32 Å². The second-order valence-corrected chi connectivity index (χ2v) is 4.21. The number of carbonyl (C=O) groups excluding carboxylic acids is 1. The van der Waals surface area contributed by atoms with E-state index in [4.69, 9.17) is 9.47 Å². The van der Waals surface area contributed by atoms with Crippen LogP contribution >= 0.6 is 0 Å².